The normalized spacial score (nSPS) is 18.0. The molecule has 0 amide bonds. The summed E-state index contributed by atoms with van der Waals surface area (Å²) in [6.45, 7) is 4.18. The minimum atomic E-state index is -0.384. The molecule has 0 radical (unpaired) electrons. The van der Waals surface area contributed by atoms with Crippen LogP contribution in [0, 0.1) is 0 Å². The van der Waals surface area contributed by atoms with Crippen molar-refractivity contribution in [2.45, 2.75) is 0 Å². The van der Waals surface area contributed by atoms with Crippen LogP contribution in [0.1, 0.15) is 10.4 Å². The van der Waals surface area contributed by atoms with E-state index in [2.05, 4.69) is 4.90 Å². The van der Waals surface area contributed by atoms with Crippen molar-refractivity contribution in [3.8, 4) is 11.5 Å². The van der Waals surface area contributed by atoms with E-state index in [1.54, 1.807) is 12.1 Å². The molecule has 0 N–H and O–H groups in total. The summed E-state index contributed by atoms with van der Waals surface area (Å²) in [5.74, 6) is 2.90. The largest absolute Gasteiger partial charge is 0.486 e. The minimum Gasteiger partial charge on any atom is -0.486 e. The van der Waals surface area contributed by atoms with E-state index in [1.807, 2.05) is 11.8 Å². The molecule has 7 heteroatoms. The summed E-state index contributed by atoms with van der Waals surface area (Å²) in [5, 5.41) is 0.372. The van der Waals surface area contributed by atoms with Gasteiger partial charge in [0.05, 0.1) is 10.6 Å². The molecule has 0 bridgehead atoms. The van der Waals surface area contributed by atoms with Gasteiger partial charge in [-0.25, -0.2) is 4.79 Å². The number of ether oxygens (including phenoxy) is 3. The standard InChI is InChI=1S/C15H18ClNO4S/c16-12-9-11(10-13-14(12)20-6-5-19-13)15(18)21-4-1-17-2-7-22-8-3-17/h9-10H,1-8H2. The van der Waals surface area contributed by atoms with E-state index in [0.29, 0.717) is 41.9 Å². The summed E-state index contributed by atoms with van der Waals surface area (Å²) < 4.78 is 16.2. The lowest BCUT2D eigenvalue weighted by Crippen LogP contribution is -2.35. The van der Waals surface area contributed by atoms with E-state index in [0.717, 1.165) is 31.1 Å². The van der Waals surface area contributed by atoms with Gasteiger partial charge < -0.3 is 14.2 Å². The van der Waals surface area contributed by atoms with E-state index in [4.69, 9.17) is 25.8 Å². The molecule has 0 spiro atoms. The Morgan fingerprint density at radius 3 is 2.86 bits per heavy atom. The molecule has 22 heavy (non-hydrogen) atoms. The lowest BCUT2D eigenvalue weighted by atomic mass is 10.2. The quantitative estimate of drug-likeness (QED) is 0.782. The van der Waals surface area contributed by atoms with Crippen LogP contribution in [0.15, 0.2) is 12.1 Å². The second kappa shape index (κ2) is 7.44. The molecule has 0 unspecified atom stereocenters. The number of benzene rings is 1. The van der Waals surface area contributed by atoms with Gasteiger partial charge in [0.2, 0.25) is 0 Å². The number of thioether (sulfide) groups is 1. The summed E-state index contributed by atoms with van der Waals surface area (Å²) >= 11 is 8.08. The second-order valence-electron chi connectivity index (χ2n) is 5.07. The zero-order valence-corrected chi connectivity index (χ0v) is 13.8. The highest BCUT2D eigenvalue weighted by Crippen LogP contribution is 2.38. The van der Waals surface area contributed by atoms with Crippen LogP contribution in [-0.2, 0) is 4.74 Å². The molecular formula is C15H18ClNO4S. The molecular weight excluding hydrogens is 326 g/mol. The Balaban J connectivity index is 1.56. The van der Waals surface area contributed by atoms with Crippen molar-refractivity contribution >= 4 is 29.3 Å². The highest BCUT2D eigenvalue weighted by molar-refractivity contribution is 7.99. The molecule has 0 aromatic heterocycles. The Labute approximate surface area is 138 Å². The molecule has 3 rings (SSSR count). The smallest absolute Gasteiger partial charge is 0.338 e. The summed E-state index contributed by atoms with van der Waals surface area (Å²) in [4.78, 5) is 14.4. The fourth-order valence-electron chi connectivity index (χ4n) is 2.40. The number of halogens is 1. The van der Waals surface area contributed by atoms with Gasteiger partial charge in [-0.2, -0.15) is 11.8 Å². The fraction of sp³-hybridized carbons (Fsp3) is 0.533. The molecule has 1 aromatic carbocycles. The van der Waals surface area contributed by atoms with Crippen molar-refractivity contribution in [1.82, 2.24) is 4.90 Å². The Hall–Kier alpha value is -1.11. The highest BCUT2D eigenvalue weighted by Gasteiger charge is 2.20. The summed E-state index contributed by atoms with van der Waals surface area (Å²) in [6.07, 6.45) is 0. The van der Waals surface area contributed by atoms with Gasteiger partial charge >= 0.3 is 5.97 Å². The molecule has 120 valence electrons. The first-order valence-electron chi connectivity index (χ1n) is 7.30. The van der Waals surface area contributed by atoms with Crippen molar-refractivity contribution in [2.24, 2.45) is 0 Å². The first-order valence-corrected chi connectivity index (χ1v) is 8.83. The van der Waals surface area contributed by atoms with Crippen molar-refractivity contribution in [3.63, 3.8) is 0 Å². The number of carbonyl (C=O) groups is 1. The monoisotopic (exact) mass is 343 g/mol. The number of nitrogens with zero attached hydrogens (tertiary/aromatic N) is 1. The molecule has 1 aromatic rings. The maximum absolute atomic E-state index is 12.1. The zero-order chi connectivity index (χ0) is 15.4. The summed E-state index contributed by atoms with van der Waals surface area (Å²) in [5.41, 5.74) is 0.392. The van der Waals surface area contributed by atoms with Gasteiger partial charge in [0.15, 0.2) is 11.5 Å². The SMILES string of the molecule is O=C(OCCN1CCSCC1)c1cc(Cl)c2c(c1)OCCO2. The Kier molecular flexibility index (Phi) is 5.33. The molecule has 5 nitrogen and oxygen atoms in total. The Bertz CT molecular complexity index is 549. The number of hydrogen-bond acceptors (Lipinski definition) is 6. The maximum Gasteiger partial charge on any atom is 0.338 e. The third-order valence-electron chi connectivity index (χ3n) is 3.58. The van der Waals surface area contributed by atoms with Crippen LogP contribution in [0.2, 0.25) is 5.02 Å². The van der Waals surface area contributed by atoms with Gasteiger partial charge in [-0.15, -0.1) is 0 Å². The van der Waals surface area contributed by atoms with Gasteiger partial charge in [0.25, 0.3) is 0 Å². The third-order valence-corrected chi connectivity index (χ3v) is 4.80. The van der Waals surface area contributed by atoms with Crippen LogP contribution < -0.4 is 9.47 Å². The minimum absolute atomic E-state index is 0.372. The predicted octanol–water partition coefficient (Wildman–Crippen LogP) is 2.32. The fourth-order valence-corrected chi connectivity index (χ4v) is 3.65. The summed E-state index contributed by atoms with van der Waals surface area (Å²) in [6, 6.07) is 3.19. The van der Waals surface area contributed by atoms with Crippen LogP contribution in [0.25, 0.3) is 0 Å². The number of rotatable bonds is 4. The van der Waals surface area contributed by atoms with Crippen molar-refractivity contribution in [1.29, 1.82) is 0 Å². The molecule has 2 aliphatic heterocycles. The first-order chi connectivity index (χ1) is 10.7. The molecule has 1 saturated heterocycles. The number of esters is 1. The second-order valence-corrected chi connectivity index (χ2v) is 6.70. The van der Waals surface area contributed by atoms with E-state index >= 15 is 0 Å². The molecule has 0 saturated carbocycles. The topological polar surface area (TPSA) is 48.0 Å². The lowest BCUT2D eigenvalue weighted by molar-refractivity contribution is 0.0465. The molecule has 1 fully saturated rings. The van der Waals surface area contributed by atoms with Crippen molar-refractivity contribution in [3.05, 3.63) is 22.7 Å². The Morgan fingerprint density at radius 1 is 1.27 bits per heavy atom. The average Bonchev–Trinajstić information content (AvgIpc) is 2.56. The number of hydrogen-bond donors (Lipinski definition) is 0. The molecule has 2 heterocycles. The number of fused-ring (bicyclic) bond motifs is 1. The molecule has 0 atom stereocenters. The third kappa shape index (κ3) is 3.80. The van der Waals surface area contributed by atoms with E-state index < -0.39 is 0 Å². The molecule has 2 aliphatic rings. The van der Waals surface area contributed by atoms with Crippen molar-refractivity contribution < 1.29 is 19.0 Å². The van der Waals surface area contributed by atoms with Crippen LogP contribution in [0.5, 0.6) is 11.5 Å². The lowest BCUT2D eigenvalue weighted by Gasteiger charge is -2.25. The van der Waals surface area contributed by atoms with Crippen LogP contribution in [0.4, 0.5) is 0 Å². The highest BCUT2D eigenvalue weighted by atomic mass is 35.5. The van der Waals surface area contributed by atoms with E-state index in [-0.39, 0.29) is 5.97 Å². The van der Waals surface area contributed by atoms with Gasteiger partial charge in [0, 0.05) is 31.1 Å². The van der Waals surface area contributed by atoms with Crippen LogP contribution >= 0.6 is 23.4 Å². The summed E-state index contributed by atoms with van der Waals surface area (Å²) in [7, 11) is 0. The van der Waals surface area contributed by atoms with Crippen LogP contribution in [-0.4, -0.2) is 61.8 Å². The van der Waals surface area contributed by atoms with E-state index in [9.17, 15) is 4.79 Å². The maximum atomic E-state index is 12.1. The van der Waals surface area contributed by atoms with Gasteiger partial charge in [0.1, 0.15) is 19.8 Å². The van der Waals surface area contributed by atoms with E-state index in [1.165, 1.54) is 0 Å². The first kappa shape index (κ1) is 15.8. The Morgan fingerprint density at radius 2 is 2.05 bits per heavy atom. The van der Waals surface area contributed by atoms with Gasteiger partial charge in [-0.1, -0.05) is 11.6 Å². The van der Waals surface area contributed by atoms with Crippen LogP contribution in [0.3, 0.4) is 0 Å². The number of carbonyl (C=O) groups excluding carboxylic acids is 1. The van der Waals surface area contributed by atoms with Crippen molar-refractivity contribution in [2.75, 3.05) is 51.0 Å². The predicted molar refractivity (Wildman–Crippen MR) is 86.5 cm³/mol. The average molecular weight is 344 g/mol. The molecule has 0 aliphatic carbocycles. The zero-order valence-electron chi connectivity index (χ0n) is 12.2. The van der Waals surface area contributed by atoms with Gasteiger partial charge in [-0.05, 0) is 12.1 Å². The van der Waals surface area contributed by atoms with Gasteiger partial charge in [-0.3, -0.25) is 4.90 Å².